The molecular weight excluding hydrogens is 474 g/mol. The van der Waals surface area contributed by atoms with Crippen LogP contribution in [-0.4, -0.2) is 65.3 Å². The smallest absolute Gasteiger partial charge is 0.239 e. The molecule has 0 aliphatic carbocycles. The summed E-state index contributed by atoms with van der Waals surface area (Å²) in [5.74, 6) is 0.338. The van der Waals surface area contributed by atoms with Crippen LogP contribution in [0.25, 0.3) is 0 Å². The van der Waals surface area contributed by atoms with E-state index in [4.69, 9.17) is 0 Å². The molecule has 4 heterocycles. The number of benzene rings is 1. The number of carbonyl (C=O) groups is 2. The standard InChI is InChI=1S/C28H33N3O2S2/c1-20-7-3-4-9-23(20)27-24-11-18-35-25(24)10-14-31(27)21(2)28(33)30-13-6-12-29(15-16-30)26(32)19-22-8-5-17-34-22/h3-5,7-9,11,17-18,21,27H,6,10,12-16,19H2,1-2H3/t21-,27+/m1/s1. The monoisotopic (exact) mass is 507 g/mol. The van der Waals surface area contributed by atoms with Crippen molar-refractivity contribution >= 4 is 34.5 Å². The minimum Gasteiger partial charge on any atom is -0.341 e. The van der Waals surface area contributed by atoms with Crippen LogP contribution in [0.4, 0.5) is 0 Å². The topological polar surface area (TPSA) is 43.9 Å². The second kappa shape index (κ2) is 10.6. The zero-order valence-corrected chi connectivity index (χ0v) is 22.1. The van der Waals surface area contributed by atoms with Crippen LogP contribution in [0, 0.1) is 6.92 Å². The van der Waals surface area contributed by atoms with Crippen LogP contribution >= 0.6 is 22.7 Å². The first kappa shape index (κ1) is 24.2. The maximum absolute atomic E-state index is 13.8. The zero-order chi connectivity index (χ0) is 24.4. The van der Waals surface area contributed by atoms with E-state index >= 15 is 0 Å². The fourth-order valence-corrected chi connectivity index (χ4v) is 7.06. The van der Waals surface area contributed by atoms with Gasteiger partial charge < -0.3 is 9.80 Å². The van der Waals surface area contributed by atoms with E-state index in [9.17, 15) is 9.59 Å². The summed E-state index contributed by atoms with van der Waals surface area (Å²) < 4.78 is 0. The van der Waals surface area contributed by atoms with Crippen molar-refractivity contribution in [2.45, 2.75) is 45.2 Å². The fourth-order valence-electron chi connectivity index (χ4n) is 5.46. The van der Waals surface area contributed by atoms with Gasteiger partial charge in [0.05, 0.1) is 18.5 Å². The molecule has 2 aliphatic heterocycles. The number of thiophene rings is 2. The number of rotatable bonds is 5. The molecule has 0 unspecified atom stereocenters. The van der Waals surface area contributed by atoms with Gasteiger partial charge in [0.1, 0.15) is 0 Å². The van der Waals surface area contributed by atoms with Crippen LogP contribution < -0.4 is 0 Å². The predicted octanol–water partition coefficient (Wildman–Crippen LogP) is 4.76. The van der Waals surface area contributed by atoms with Gasteiger partial charge in [0.2, 0.25) is 11.8 Å². The van der Waals surface area contributed by atoms with Crippen molar-refractivity contribution in [2.75, 3.05) is 32.7 Å². The lowest BCUT2D eigenvalue weighted by atomic mass is 9.89. The molecule has 35 heavy (non-hydrogen) atoms. The number of carbonyl (C=O) groups excluding carboxylic acids is 2. The summed E-state index contributed by atoms with van der Waals surface area (Å²) in [5.41, 5.74) is 3.89. The molecule has 0 saturated carbocycles. The predicted molar refractivity (Wildman–Crippen MR) is 143 cm³/mol. The molecule has 2 aliphatic rings. The second-order valence-electron chi connectivity index (χ2n) is 9.54. The van der Waals surface area contributed by atoms with Crippen LogP contribution in [0.3, 0.4) is 0 Å². The average molecular weight is 508 g/mol. The highest BCUT2D eigenvalue weighted by Gasteiger charge is 2.37. The Bertz CT molecular complexity index is 1170. The molecule has 0 bridgehead atoms. The van der Waals surface area contributed by atoms with Crippen LogP contribution in [0.2, 0.25) is 0 Å². The van der Waals surface area contributed by atoms with Crippen LogP contribution in [0.1, 0.15) is 45.8 Å². The van der Waals surface area contributed by atoms with Gasteiger partial charge in [0.25, 0.3) is 0 Å². The number of hydrogen-bond donors (Lipinski definition) is 0. The van der Waals surface area contributed by atoms with E-state index in [1.54, 1.807) is 11.3 Å². The molecular formula is C28H33N3O2S2. The molecule has 7 heteroatoms. The second-order valence-corrected chi connectivity index (χ2v) is 11.6. The highest BCUT2D eigenvalue weighted by atomic mass is 32.1. The molecule has 184 valence electrons. The summed E-state index contributed by atoms with van der Waals surface area (Å²) >= 11 is 3.45. The van der Waals surface area contributed by atoms with Gasteiger partial charge in [-0.05, 0) is 66.3 Å². The molecule has 1 saturated heterocycles. The molecule has 0 radical (unpaired) electrons. The van der Waals surface area contributed by atoms with Crippen molar-refractivity contribution in [1.82, 2.24) is 14.7 Å². The molecule has 1 aromatic carbocycles. The van der Waals surface area contributed by atoms with Crippen molar-refractivity contribution in [2.24, 2.45) is 0 Å². The highest BCUT2D eigenvalue weighted by Crippen LogP contribution is 2.40. The summed E-state index contributed by atoms with van der Waals surface area (Å²) in [6, 6.07) is 14.7. The lowest BCUT2D eigenvalue weighted by molar-refractivity contribution is -0.138. The quantitative estimate of drug-likeness (QED) is 0.500. The highest BCUT2D eigenvalue weighted by molar-refractivity contribution is 7.10. The van der Waals surface area contributed by atoms with E-state index in [1.165, 1.54) is 21.6 Å². The van der Waals surface area contributed by atoms with E-state index in [0.717, 1.165) is 30.8 Å². The van der Waals surface area contributed by atoms with Gasteiger partial charge in [-0.1, -0.05) is 30.3 Å². The fraction of sp³-hybridized carbons (Fsp3) is 0.429. The number of amides is 2. The van der Waals surface area contributed by atoms with Gasteiger partial charge in [-0.25, -0.2) is 0 Å². The van der Waals surface area contributed by atoms with Gasteiger partial charge in [-0.3, -0.25) is 14.5 Å². The Morgan fingerprint density at radius 1 is 0.914 bits per heavy atom. The number of hydrogen-bond acceptors (Lipinski definition) is 5. The molecule has 5 rings (SSSR count). The van der Waals surface area contributed by atoms with E-state index in [1.807, 2.05) is 38.6 Å². The maximum Gasteiger partial charge on any atom is 0.239 e. The first-order chi connectivity index (χ1) is 17.0. The first-order valence-corrected chi connectivity index (χ1v) is 14.3. The van der Waals surface area contributed by atoms with E-state index in [2.05, 4.69) is 54.5 Å². The minimum atomic E-state index is -0.221. The molecule has 2 amide bonds. The molecule has 0 spiro atoms. The summed E-state index contributed by atoms with van der Waals surface area (Å²) in [6.45, 7) is 7.74. The van der Waals surface area contributed by atoms with Crippen molar-refractivity contribution in [1.29, 1.82) is 0 Å². The van der Waals surface area contributed by atoms with Gasteiger partial charge in [-0.2, -0.15) is 0 Å². The van der Waals surface area contributed by atoms with Crippen LogP contribution in [0.5, 0.6) is 0 Å². The van der Waals surface area contributed by atoms with Crippen LogP contribution in [-0.2, 0) is 22.4 Å². The summed E-state index contributed by atoms with van der Waals surface area (Å²) in [4.78, 5) is 35.5. The largest absolute Gasteiger partial charge is 0.341 e. The molecule has 1 fully saturated rings. The maximum atomic E-state index is 13.8. The Morgan fingerprint density at radius 2 is 1.71 bits per heavy atom. The van der Waals surface area contributed by atoms with Crippen molar-refractivity contribution in [3.8, 4) is 0 Å². The SMILES string of the molecule is Cc1ccccc1[C@H]1c2ccsc2CCN1[C@H](C)C(=O)N1CCCN(C(=O)Cc2cccs2)CC1. The Balaban J connectivity index is 1.30. The lowest BCUT2D eigenvalue weighted by Crippen LogP contribution is -2.51. The molecule has 3 aromatic rings. The number of fused-ring (bicyclic) bond motifs is 1. The van der Waals surface area contributed by atoms with Gasteiger partial charge in [0, 0.05) is 42.5 Å². The lowest BCUT2D eigenvalue weighted by Gasteiger charge is -2.41. The molecule has 2 atom stereocenters. The van der Waals surface area contributed by atoms with E-state index < -0.39 is 0 Å². The molecule has 0 N–H and O–H groups in total. The Labute approximate surface area is 216 Å². The van der Waals surface area contributed by atoms with Crippen LogP contribution in [0.15, 0.2) is 53.2 Å². The Morgan fingerprint density at radius 3 is 2.51 bits per heavy atom. The number of aryl methyl sites for hydroxylation is 1. The van der Waals surface area contributed by atoms with Crippen molar-refractivity contribution < 1.29 is 9.59 Å². The summed E-state index contributed by atoms with van der Waals surface area (Å²) in [6.07, 6.45) is 2.26. The Kier molecular flexibility index (Phi) is 7.37. The zero-order valence-electron chi connectivity index (χ0n) is 20.5. The van der Waals surface area contributed by atoms with Crippen molar-refractivity contribution in [3.63, 3.8) is 0 Å². The molecule has 2 aromatic heterocycles. The van der Waals surface area contributed by atoms with Gasteiger partial charge in [0.15, 0.2) is 0 Å². The minimum absolute atomic E-state index is 0.0981. The van der Waals surface area contributed by atoms with Crippen molar-refractivity contribution in [3.05, 3.63) is 79.7 Å². The first-order valence-electron chi connectivity index (χ1n) is 12.5. The van der Waals surface area contributed by atoms with E-state index in [0.29, 0.717) is 26.1 Å². The normalized spacial score (nSPS) is 19.8. The van der Waals surface area contributed by atoms with Gasteiger partial charge >= 0.3 is 0 Å². The third-order valence-electron chi connectivity index (χ3n) is 7.41. The third-order valence-corrected chi connectivity index (χ3v) is 9.28. The Hall–Kier alpha value is -2.48. The number of nitrogens with zero attached hydrogens (tertiary/aromatic N) is 3. The summed E-state index contributed by atoms with van der Waals surface area (Å²) in [7, 11) is 0. The van der Waals surface area contributed by atoms with E-state index in [-0.39, 0.29) is 23.9 Å². The average Bonchev–Trinajstić information content (AvgIpc) is 3.49. The third kappa shape index (κ3) is 5.08. The summed E-state index contributed by atoms with van der Waals surface area (Å²) in [5, 5.41) is 4.19. The van der Waals surface area contributed by atoms with Gasteiger partial charge in [-0.15, -0.1) is 22.7 Å². The molecule has 5 nitrogen and oxygen atoms in total.